The number of carbonyl (C=O) groups excluding carboxylic acids is 1. The minimum atomic E-state index is -1.24. The van der Waals surface area contributed by atoms with E-state index in [1.165, 1.54) is 0 Å². The molecule has 0 spiro atoms. The van der Waals surface area contributed by atoms with Crippen LogP contribution < -0.4 is 0 Å². The van der Waals surface area contributed by atoms with Crippen molar-refractivity contribution in [3.05, 3.63) is 0 Å². The molecule has 4 bridgehead atoms. The van der Waals surface area contributed by atoms with E-state index < -0.39 is 11.8 Å². The van der Waals surface area contributed by atoms with Crippen LogP contribution in [0.1, 0.15) is 32.1 Å². The van der Waals surface area contributed by atoms with Gasteiger partial charge in [0.1, 0.15) is 11.7 Å². The summed E-state index contributed by atoms with van der Waals surface area (Å²) in [5.41, 5.74) is -0.658. The molecule has 0 radical (unpaired) electrons. The Morgan fingerprint density at radius 2 is 2.19 bits per heavy atom. The lowest BCUT2D eigenvalue weighted by Gasteiger charge is -2.44. The molecule has 2 saturated carbocycles. The monoisotopic (exact) mass is 226 g/mol. The van der Waals surface area contributed by atoms with Gasteiger partial charge >= 0.3 is 12.1 Å². The molecular formula is C11H14O5. The molecule has 4 fully saturated rings. The van der Waals surface area contributed by atoms with Gasteiger partial charge in [-0.3, -0.25) is 4.79 Å². The van der Waals surface area contributed by atoms with Crippen LogP contribution in [-0.2, 0) is 14.3 Å². The van der Waals surface area contributed by atoms with Crippen LogP contribution in [0.3, 0.4) is 0 Å². The smallest absolute Gasteiger partial charge is 0.462 e. The SMILES string of the molecule is O=C(O)OC12CC3CC(C1)OC(=O)C(C3)C2. The summed E-state index contributed by atoms with van der Waals surface area (Å²) in [5.74, 6) is 0.0527. The number of hydrogen-bond donors (Lipinski definition) is 1. The molecule has 4 unspecified atom stereocenters. The molecule has 2 saturated heterocycles. The first kappa shape index (κ1) is 9.93. The Bertz CT molecular complexity index is 352. The highest BCUT2D eigenvalue weighted by Crippen LogP contribution is 2.51. The quantitative estimate of drug-likeness (QED) is 0.687. The molecular weight excluding hydrogens is 212 g/mol. The summed E-state index contributed by atoms with van der Waals surface area (Å²) in [7, 11) is 0. The minimum absolute atomic E-state index is 0.141. The number of fused-ring (bicyclic) bond motifs is 1. The van der Waals surface area contributed by atoms with Crippen molar-refractivity contribution in [2.24, 2.45) is 11.8 Å². The first-order valence-electron chi connectivity index (χ1n) is 5.69. The standard InChI is InChI=1S/C11H14O5/c12-9-7-1-6-2-8(15-9)5-11(3-6,4-7)16-10(13)14/h6-8H,1-5H2,(H,13,14). The summed E-state index contributed by atoms with van der Waals surface area (Å²) >= 11 is 0. The number of ether oxygens (including phenoxy) is 2. The van der Waals surface area contributed by atoms with E-state index in [4.69, 9.17) is 14.6 Å². The average molecular weight is 226 g/mol. The lowest BCUT2D eigenvalue weighted by atomic mass is 9.65. The largest absolute Gasteiger partial charge is 0.506 e. The normalized spacial score (nSPS) is 45.0. The molecule has 4 aliphatic rings. The third kappa shape index (κ3) is 1.45. The molecule has 16 heavy (non-hydrogen) atoms. The number of hydrogen-bond acceptors (Lipinski definition) is 4. The van der Waals surface area contributed by atoms with E-state index in [0.29, 0.717) is 18.8 Å². The maximum Gasteiger partial charge on any atom is 0.506 e. The minimum Gasteiger partial charge on any atom is -0.462 e. The molecule has 0 amide bonds. The second kappa shape index (κ2) is 3.12. The highest BCUT2D eigenvalue weighted by atomic mass is 16.7. The van der Waals surface area contributed by atoms with Crippen LogP contribution in [0.25, 0.3) is 0 Å². The molecule has 2 heterocycles. The van der Waals surface area contributed by atoms with Crippen LogP contribution in [0.2, 0.25) is 0 Å². The van der Waals surface area contributed by atoms with Crippen LogP contribution in [0.4, 0.5) is 4.79 Å². The summed E-state index contributed by atoms with van der Waals surface area (Å²) in [6.07, 6.45) is 2.12. The maximum atomic E-state index is 11.7. The van der Waals surface area contributed by atoms with Crippen molar-refractivity contribution in [3.63, 3.8) is 0 Å². The van der Waals surface area contributed by atoms with Crippen LogP contribution >= 0.6 is 0 Å². The van der Waals surface area contributed by atoms with Gasteiger partial charge in [-0.2, -0.15) is 0 Å². The molecule has 0 aromatic heterocycles. The van der Waals surface area contributed by atoms with Crippen LogP contribution in [0.15, 0.2) is 0 Å². The van der Waals surface area contributed by atoms with Crippen LogP contribution in [0, 0.1) is 11.8 Å². The van der Waals surface area contributed by atoms with Gasteiger partial charge in [0.25, 0.3) is 0 Å². The lowest BCUT2D eigenvalue weighted by molar-refractivity contribution is -0.151. The Hall–Kier alpha value is -1.26. The molecule has 2 aliphatic heterocycles. The van der Waals surface area contributed by atoms with Gasteiger partial charge in [-0.1, -0.05) is 0 Å². The van der Waals surface area contributed by atoms with Gasteiger partial charge in [-0.15, -0.1) is 0 Å². The fourth-order valence-electron chi connectivity index (χ4n) is 3.68. The van der Waals surface area contributed by atoms with Crippen molar-refractivity contribution >= 4 is 12.1 Å². The van der Waals surface area contributed by atoms with Gasteiger partial charge in [0.2, 0.25) is 0 Å². The number of esters is 1. The second-order valence-electron chi connectivity index (χ2n) is 5.26. The molecule has 0 aromatic rings. The molecule has 88 valence electrons. The zero-order chi connectivity index (χ0) is 11.3. The maximum absolute atomic E-state index is 11.7. The van der Waals surface area contributed by atoms with E-state index in [9.17, 15) is 9.59 Å². The highest BCUT2D eigenvalue weighted by molar-refractivity contribution is 5.74. The van der Waals surface area contributed by atoms with Gasteiger partial charge in [0.15, 0.2) is 0 Å². The van der Waals surface area contributed by atoms with E-state index in [1.54, 1.807) is 0 Å². The van der Waals surface area contributed by atoms with E-state index in [2.05, 4.69) is 0 Å². The molecule has 2 aliphatic carbocycles. The van der Waals surface area contributed by atoms with Gasteiger partial charge in [-0.25, -0.2) is 4.79 Å². The number of rotatable bonds is 1. The zero-order valence-corrected chi connectivity index (χ0v) is 8.85. The summed E-state index contributed by atoms with van der Waals surface area (Å²) in [6.45, 7) is 0. The van der Waals surface area contributed by atoms with Crippen molar-refractivity contribution < 1.29 is 24.2 Å². The van der Waals surface area contributed by atoms with Crippen LogP contribution in [-0.4, -0.2) is 28.9 Å². The topological polar surface area (TPSA) is 72.8 Å². The van der Waals surface area contributed by atoms with E-state index in [0.717, 1.165) is 19.3 Å². The molecule has 0 aromatic carbocycles. The van der Waals surface area contributed by atoms with E-state index in [-0.39, 0.29) is 18.0 Å². The van der Waals surface area contributed by atoms with Gasteiger partial charge in [-0.05, 0) is 25.2 Å². The van der Waals surface area contributed by atoms with Crippen molar-refractivity contribution in [3.8, 4) is 0 Å². The van der Waals surface area contributed by atoms with Crippen LogP contribution in [0.5, 0.6) is 0 Å². The Kier molecular flexibility index (Phi) is 1.94. The van der Waals surface area contributed by atoms with Gasteiger partial charge in [0, 0.05) is 12.8 Å². The molecule has 5 heteroatoms. The van der Waals surface area contributed by atoms with Crippen molar-refractivity contribution in [2.75, 3.05) is 0 Å². The third-order valence-electron chi connectivity index (χ3n) is 4.01. The highest BCUT2D eigenvalue weighted by Gasteiger charge is 2.54. The molecule has 4 rings (SSSR count). The second-order valence-corrected chi connectivity index (χ2v) is 5.26. The van der Waals surface area contributed by atoms with E-state index in [1.807, 2.05) is 0 Å². The third-order valence-corrected chi connectivity index (χ3v) is 4.01. The Labute approximate surface area is 92.7 Å². The predicted molar refractivity (Wildman–Crippen MR) is 51.8 cm³/mol. The summed E-state index contributed by atoms with van der Waals surface area (Å²) in [5, 5.41) is 8.78. The number of carboxylic acid groups (broad SMARTS) is 1. The zero-order valence-electron chi connectivity index (χ0n) is 8.85. The summed E-state index contributed by atoms with van der Waals surface area (Å²) < 4.78 is 10.4. The first-order valence-corrected chi connectivity index (χ1v) is 5.69. The summed E-state index contributed by atoms with van der Waals surface area (Å²) in [6, 6.07) is 0. The Morgan fingerprint density at radius 3 is 2.94 bits per heavy atom. The molecule has 5 nitrogen and oxygen atoms in total. The fourth-order valence-corrected chi connectivity index (χ4v) is 3.68. The van der Waals surface area contributed by atoms with Crippen molar-refractivity contribution in [1.29, 1.82) is 0 Å². The Balaban J connectivity index is 1.92. The molecule has 1 N–H and O–H groups in total. The van der Waals surface area contributed by atoms with Gasteiger partial charge < -0.3 is 14.6 Å². The Morgan fingerprint density at radius 1 is 1.38 bits per heavy atom. The number of carbonyl (C=O) groups is 2. The summed E-state index contributed by atoms with van der Waals surface area (Å²) in [4.78, 5) is 22.4. The fraction of sp³-hybridized carbons (Fsp3) is 0.818. The van der Waals surface area contributed by atoms with Gasteiger partial charge in [0.05, 0.1) is 5.92 Å². The lowest BCUT2D eigenvalue weighted by Crippen LogP contribution is -2.47. The molecule has 4 atom stereocenters. The van der Waals surface area contributed by atoms with Crippen molar-refractivity contribution in [2.45, 2.75) is 43.8 Å². The average Bonchev–Trinajstić information content (AvgIpc) is 2.27. The first-order chi connectivity index (χ1) is 7.56. The van der Waals surface area contributed by atoms with E-state index >= 15 is 0 Å². The predicted octanol–water partition coefficient (Wildman–Crippen LogP) is 1.56. The van der Waals surface area contributed by atoms with Crippen molar-refractivity contribution in [1.82, 2.24) is 0 Å².